The van der Waals surface area contributed by atoms with Crippen LogP contribution in [0.4, 0.5) is 0 Å². The first-order chi connectivity index (χ1) is 13.6. The van der Waals surface area contributed by atoms with Crippen LogP contribution in [0.1, 0.15) is 22.0 Å². The molecule has 1 unspecified atom stereocenters. The van der Waals surface area contributed by atoms with Crippen LogP contribution in [0.5, 0.6) is 11.5 Å². The van der Waals surface area contributed by atoms with Gasteiger partial charge in [0.15, 0.2) is 17.5 Å². The highest BCUT2D eigenvalue weighted by molar-refractivity contribution is 7.10. The van der Waals surface area contributed by atoms with E-state index in [1.165, 1.54) is 16.0 Å². The van der Waals surface area contributed by atoms with E-state index in [-0.39, 0.29) is 0 Å². The van der Waals surface area contributed by atoms with Gasteiger partial charge in [-0.15, -0.1) is 11.3 Å². The van der Waals surface area contributed by atoms with Gasteiger partial charge in [-0.2, -0.15) is 0 Å². The van der Waals surface area contributed by atoms with Gasteiger partial charge in [0.2, 0.25) is 0 Å². The molecule has 0 saturated heterocycles. The van der Waals surface area contributed by atoms with E-state index in [4.69, 9.17) is 9.47 Å². The lowest BCUT2D eigenvalue weighted by molar-refractivity contribution is 0.295. The van der Waals surface area contributed by atoms with Crippen molar-refractivity contribution >= 4 is 17.3 Å². The summed E-state index contributed by atoms with van der Waals surface area (Å²) in [6.07, 6.45) is 0.957. The zero-order chi connectivity index (χ0) is 20.1. The van der Waals surface area contributed by atoms with Crippen molar-refractivity contribution in [2.24, 2.45) is 4.99 Å². The van der Waals surface area contributed by atoms with Crippen LogP contribution in [-0.4, -0.2) is 64.2 Å². The van der Waals surface area contributed by atoms with Crippen LogP contribution < -0.4 is 14.8 Å². The van der Waals surface area contributed by atoms with E-state index in [2.05, 4.69) is 63.8 Å². The van der Waals surface area contributed by atoms with E-state index < -0.39 is 0 Å². The number of nitrogens with one attached hydrogen (secondary N) is 1. The van der Waals surface area contributed by atoms with Gasteiger partial charge in [0, 0.05) is 31.6 Å². The summed E-state index contributed by atoms with van der Waals surface area (Å²) in [6, 6.07) is 8.80. The Labute approximate surface area is 171 Å². The summed E-state index contributed by atoms with van der Waals surface area (Å²) in [5.74, 6) is 2.50. The molecule has 7 heteroatoms. The fourth-order valence-corrected chi connectivity index (χ4v) is 4.53. The fraction of sp³-hybridized carbons (Fsp3) is 0.476. The van der Waals surface area contributed by atoms with E-state index in [1.54, 1.807) is 25.6 Å². The highest BCUT2D eigenvalue weighted by atomic mass is 32.1. The summed E-state index contributed by atoms with van der Waals surface area (Å²) in [5.41, 5.74) is 2.57. The normalized spacial score (nSPS) is 15.4. The number of nitrogens with zero attached hydrogens (tertiary/aromatic N) is 3. The molecule has 1 aliphatic rings. The number of ether oxygens (including phenoxy) is 2. The van der Waals surface area contributed by atoms with Crippen molar-refractivity contribution in [3.63, 3.8) is 0 Å². The van der Waals surface area contributed by atoms with Crippen molar-refractivity contribution in [3.8, 4) is 11.5 Å². The van der Waals surface area contributed by atoms with E-state index in [9.17, 15) is 0 Å². The smallest absolute Gasteiger partial charge is 0.194 e. The lowest BCUT2D eigenvalue weighted by Gasteiger charge is -2.33. The number of thiophene rings is 1. The molecule has 2 heterocycles. The highest BCUT2D eigenvalue weighted by Gasteiger charge is 2.23. The second kappa shape index (κ2) is 9.30. The number of methoxy groups -OCH3 is 2. The molecule has 1 atom stereocenters. The van der Waals surface area contributed by atoms with Crippen LogP contribution in [0.25, 0.3) is 0 Å². The molecule has 2 aromatic rings. The van der Waals surface area contributed by atoms with Gasteiger partial charge in [0.25, 0.3) is 0 Å². The molecule has 0 bridgehead atoms. The quantitative estimate of drug-likeness (QED) is 0.595. The van der Waals surface area contributed by atoms with Crippen molar-refractivity contribution in [1.29, 1.82) is 0 Å². The molecular formula is C21H30N4O2S. The van der Waals surface area contributed by atoms with Gasteiger partial charge in [-0.05, 0) is 55.2 Å². The second-order valence-electron chi connectivity index (χ2n) is 7.07. The minimum absolute atomic E-state index is 0.318. The van der Waals surface area contributed by atoms with Crippen molar-refractivity contribution in [1.82, 2.24) is 15.1 Å². The van der Waals surface area contributed by atoms with Crippen molar-refractivity contribution < 1.29 is 9.47 Å². The van der Waals surface area contributed by atoms with Crippen LogP contribution >= 0.6 is 11.3 Å². The average Bonchev–Trinajstić information content (AvgIpc) is 3.23. The Hall–Kier alpha value is -2.25. The molecule has 0 aliphatic carbocycles. The molecule has 1 aliphatic heterocycles. The van der Waals surface area contributed by atoms with E-state index in [1.807, 2.05) is 7.05 Å². The number of hydrogen-bond acceptors (Lipinski definition) is 5. The Morgan fingerprint density at radius 2 is 1.96 bits per heavy atom. The summed E-state index contributed by atoms with van der Waals surface area (Å²) in [6.45, 7) is 2.55. The summed E-state index contributed by atoms with van der Waals surface area (Å²) in [5, 5.41) is 5.70. The van der Waals surface area contributed by atoms with Gasteiger partial charge >= 0.3 is 0 Å². The Morgan fingerprint density at radius 1 is 1.25 bits per heavy atom. The number of rotatable bonds is 6. The van der Waals surface area contributed by atoms with Crippen LogP contribution in [0.3, 0.4) is 0 Å². The van der Waals surface area contributed by atoms with Gasteiger partial charge in [0.1, 0.15) is 0 Å². The third kappa shape index (κ3) is 4.42. The third-order valence-electron chi connectivity index (χ3n) is 5.18. The maximum Gasteiger partial charge on any atom is 0.194 e. The molecule has 28 heavy (non-hydrogen) atoms. The lowest BCUT2D eigenvalue weighted by atomic mass is 9.99. The maximum atomic E-state index is 5.48. The number of aliphatic imine (C=N–C) groups is 1. The second-order valence-corrected chi connectivity index (χ2v) is 8.05. The SMILES string of the molecule is CN=C(NCC(c1cccs1)N(C)C)N1CCc2cc(OC)c(OC)cc2C1. The molecule has 0 spiro atoms. The van der Waals surface area contributed by atoms with Gasteiger partial charge in [-0.25, -0.2) is 0 Å². The largest absolute Gasteiger partial charge is 0.493 e. The lowest BCUT2D eigenvalue weighted by Crippen LogP contribution is -2.46. The molecule has 0 amide bonds. The van der Waals surface area contributed by atoms with Gasteiger partial charge in [-0.1, -0.05) is 6.07 Å². The summed E-state index contributed by atoms with van der Waals surface area (Å²) < 4.78 is 10.9. The van der Waals surface area contributed by atoms with Crippen molar-refractivity contribution in [2.45, 2.75) is 19.0 Å². The van der Waals surface area contributed by atoms with E-state index in [0.717, 1.165) is 43.5 Å². The van der Waals surface area contributed by atoms with Gasteiger partial charge in [0.05, 0.1) is 20.3 Å². The monoisotopic (exact) mass is 402 g/mol. The average molecular weight is 403 g/mol. The molecule has 0 radical (unpaired) electrons. The molecule has 1 aromatic heterocycles. The summed E-state index contributed by atoms with van der Waals surface area (Å²) in [7, 11) is 9.44. The Morgan fingerprint density at radius 3 is 2.54 bits per heavy atom. The highest BCUT2D eigenvalue weighted by Crippen LogP contribution is 2.33. The predicted molar refractivity (Wildman–Crippen MR) is 116 cm³/mol. The fourth-order valence-electron chi connectivity index (χ4n) is 3.60. The molecule has 0 saturated carbocycles. The number of benzene rings is 1. The van der Waals surface area contributed by atoms with Gasteiger partial charge < -0.3 is 24.6 Å². The molecule has 3 rings (SSSR count). The summed E-state index contributed by atoms with van der Waals surface area (Å²) in [4.78, 5) is 10.4. The number of hydrogen-bond donors (Lipinski definition) is 1. The molecule has 1 aromatic carbocycles. The molecule has 0 fully saturated rings. The number of guanidine groups is 1. The zero-order valence-corrected chi connectivity index (χ0v) is 18.2. The minimum atomic E-state index is 0.318. The Kier molecular flexibility index (Phi) is 6.80. The standard InChI is InChI=1S/C21H30N4O2S/c1-22-21(23-13-17(24(2)3)20-7-6-10-28-20)25-9-8-15-11-18(26-4)19(27-5)12-16(15)14-25/h6-7,10-12,17H,8-9,13-14H2,1-5H3,(H,22,23). The van der Waals surface area contributed by atoms with Crippen LogP contribution in [-0.2, 0) is 13.0 Å². The minimum Gasteiger partial charge on any atom is -0.493 e. The molecule has 152 valence electrons. The molecule has 6 nitrogen and oxygen atoms in total. The first-order valence-corrected chi connectivity index (χ1v) is 10.3. The number of likely N-dealkylation sites (N-methyl/N-ethyl adjacent to an activating group) is 1. The topological polar surface area (TPSA) is 49.3 Å². The van der Waals surface area contributed by atoms with Crippen LogP contribution in [0.2, 0.25) is 0 Å². The third-order valence-corrected chi connectivity index (χ3v) is 6.15. The zero-order valence-electron chi connectivity index (χ0n) is 17.4. The first-order valence-electron chi connectivity index (χ1n) is 9.46. The van der Waals surface area contributed by atoms with Crippen LogP contribution in [0, 0.1) is 0 Å². The first kappa shape index (κ1) is 20.5. The predicted octanol–water partition coefficient (Wildman–Crippen LogP) is 3.00. The summed E-state index contributed by atoms with van der Waals surface area (Å²) >= 11 is 1.79. The molecular weight excluding hydrogens is 372 g/mol. The maximum absolute atomic E-state index is 5.48. The van der Waals surface area contributed by atoms with Gasteiger partial charge in [-0.3, -0.25) is 4.99 Å². The Balaban J connectivity index is 1.71. The van der Waals surface area contributed by atoms with E-state index in [0.29, 0.717) is 6.04 Å². The molecule has 1 N–H and O–H groups in total. The van der Waals surface area contributed by atoms with E-state index >= 15 is 0 Å². The Bertz CT molecular complexity index is 805. The number of fused-ring (bicyclic) bond motifs is 1. The van der Waals surface area contributed by atoms with Crippen molar-refractivity contribution in [3.05, 3.63) is 45.6 Å². The van der Waals surface area contributed by atoms with Crippen molar-refractivity contribution in [2.75, 3.05) is 48.5 Å². The van der Waals surface area contributed by atoms with Crippen LogP contribution in [0.15, 0.2) is 34.6 Å².